The van der Waals surface area contributed by atoms with Crippen LogP contribution in [0, 0.1) is 0 Å². The Morgan fingerprint density at radius 3 is 0.735 bits per heavy atom. The smallest absolute Gasteiger partial charge is 0.145 e. The van der Waals surface area contributed by atoms with E-state index >= 15 is 0 Å². The Bertz CT molecular complexity index is 2080. The fraction of sp³-hybridized carbons (Fsp3) is 0.222. The summed E-state index contributed by atoms with van der Waals surface area (Å²) >= 11 is 0. The number of hydrogen-bond donors (Lipinski definition) is 4. The molecule has 4 heterocycles. The summed E-state index contributed by atoms with van der Waals surface area (Å²) in [6, 6.07) is 30.5. The second-order valence-electron chi connectivity index (χ2n) is 11.9. The van der Waals surface area contributed by atoms with E-state index in [1.54, 1.807) is 18.3 Å². The average Bonchev–Trinajstić information content (AvgIpc) is 3.85. The van der Waals surface area contributed by atoms with Gasteiger partial charge in [-0.15, -0.1) is 0 Å². The Morgan fingerprint density at radius 1 is 0.367 bits per heavy atom. The molecular formula is C36H36N8NiO4. The fourth-order valence-corrected chi connectivity index (χ4v) is 6.28. The molecule has 0 aliphatic heterocycles. The van der Waals surface area contributed by atoms with Gasteiger partial charge in [-0.3, -0.25) is 0 Å². The molecule has 0 radical (unpaired) electrons. The molecule has 254 valence electrons. The van der Waals surface area contributed by atoms with E-state index in [0.717, 1.165) is 44.1 Å². The van der Waals surface area contributed by atoms with Gasteiger partial charge in [0.2, 0.25) is 0 Å². The van der Waals surface area contributed by atoms with E-state index < -0.39 is 24.4 Å². The number of aryl methyl sites for hydroxylation is 4. The van der Waals surface area contributed by atoms with Crippen LogP contribution in [0.1, 0.15) is 47.7 Å². The van der Waals surface area contributed by atoms with Crippen LogP contribution in [-0.4, -0.2) is 58.6 Å². The molecule has 0 saturated heterocycles. The van der Waals surface area contributed by atoms with Gasteiger partial charge in [-0.2, -0.15) is 0 Å². The molecule has 12 nitrogen and oxygen atoms in total. The molecule has 0 fully saturated rings. The normalized spacial score (nSPS) is 14.0. The van der Waals surface area contributed by atoms with Crippen molar-refractivity contribution < 1.29 is 36.9 Å². The van der Waals surface area contributed by atoms with Crippen molar-refractivity contribution in [3.8, 4) is 0 Å². The first-order valence-electron chi connectivity index (χ1n) is 15.5. The molecule has 0 bridgehead atoms. The molecule has 0 amide bonds. The number of aliphatic hydroxyl groups excluding tert-OH is 4. The number of imidazole rings is 4. The van der Waals surface area contributed by atoms with Crippen LogP contribution in [0.3, 0.4) is 0 Å². The van der Waals surface area contributed by atoms with E-state index in [-0.39, 0.29) is 16.5 Å². The van der Waals surface area contributed by atoms with Gasteiger partial charge < -0.3 is 38.7 Å². The van der Waals surface area contributed by atoms with Crippen LogP contribution in [0.25, 0.3) is 44.1 Å². The number of aliphatic hydroxyl groups is 4. The Balaban J connectivity index is 0.000000167. The third-order valence-corrected chi connectivity index (χ3v) is 8.94. The minimum absolute atomic E-state index is 0. The van der Waals surface area contributed by atoms with E-state index in [4.69, 9.17) is 0 Å². The van der Waals surface area contributed by atoms with Crippen LogP contribution < -0.4 is 0 Å². The second kappa shape index (κ2) is 13.5. The van der Waals surface area contributed by atoms with E-state index in [1.807, 2.05) is 125 Å². The van der Waals surface area contributed by atoms with E-state index in [9.17, 15) is 20.4 Å². The van der Waals surface area contributed by atoms with Crippen LogP contribution >= 0.6 is 0 Å². The average molecular weight is 703 g/mol. The molecule has 0 spiro atoms. The molecule has 49 heavy (non-hydrogen) atoms. The van der Waals surface area contributed by atoms with Crippen molar-refractivity contribution in [2.45, 2.75) is 24.4 Å². The van der Waals surface area contributed by atoms with E-state index in [2.05, 4.69) is 19.9 Å². The van der Waals surface area contributed by atoms with Crippen molar-refractivity contribution in [2.24, 2.45) is 28.2 Å². The SMILES string of the molecule is Cn1c(C(O)C(O)c2nc3ccccc3n2C)nc2ccccc21.Cn1c(C(O)C(O)c2nc3ccccc3n2C)nc2ccccc21.[Ni]. The molecular weight excluding hydrogens is 667 g/mol. The van der Waals surface area contributed by atoms with Crippen LogP contribution in [0.5, 0.6) is 0 Å². The quantitative estimate of drug-likeness (QED) is 0.186. The molecule has 8 rings (SSSR count). The van der Waals surface area contributed by atoms with Crippen LogP contribution in [0.4, 0.5) is 0 Å². The molecule has 13 heteroatoms. The predicted octanol–water partition coefficient (Wildman–Crippen LogP) is 4.45. The zero-order valence-corrected chi connectivity index (χ0v) is 28.2. The number of para-hydroxylation sites is 8. The first kappa shape index (κ1) is 34.0. The van der Waals surface area contributed by atoms with Gasteiger partial charge in [0, 0.05) is 44.7 Å². The number of fused-ring (bicyclic) bond motifs is 4. The van der Waals surface area contributed by atoms with Crippen molar-refractivity contribution in [1.29, 1.82) is 0 Å². The van der Waals surface area contributed by atoms with Gasteiger partial charge >= 0.3 is 0 Å². The Labute approximate surface area is 291 Å². The van der Waals surface area contributed by atoms with Crippen molar-refractivity contribution in [3.05, 3.63) is 120 Å². The fourth-order valence-electron chi connectivity index (χ4n) is 6.28. The summed E-state index contributed by atoms with van der Waals surface area (Å²) in [6.45, 7) is 0. The summed E-state index contributed by atoms with van der Waals surface area (Å²) in [5, 5.41) is 42.7. The maximum absolute atomic E-state index is 10.7. The van der Waals surface area contributed by atoms with Gasteiger partial charge in [0.05, 0.1) is 44.1 Å². The largest absolute Gasteiger partial charge is 0.382 e. The van der Waals surface area contributed by atoms with Crippen LogP contribution in [0.15, 0.2) is 97.1 Å². The molecule has 8 aromatic rings. The van der Waals surface area contributed by atoms with Gasteiger partial charge in [-0.05, 0) is 48.5 Å². The van der Waals surface area contributed by atoms with Crippen molar-refractivity contribution in [2.75, 3.05) is 0 Å². The topological polar surface area (TPSA) is 152 Å². The molecule has 4 N–H and O–H groups in total. The summed E-state index contributed by atoms with van der Waals surface area (Å²) in [5.74, 6) is 1.65. The number of rotatable bonds is 6. The number of nitrogens with zero attached hydrogens (tertiary/aromatic N) is 8. The second-order valence-corrected chi connectivity index (χ2v) is 11.9. The zero-order chi connectivity index (χ0) is 33.7. The van der Waals surface area contributed by atoms with Gasteiger partial charge in [-0.1, -0.05) is 48.5 Å². The third-order valence-electron chi connectivity index (χ3n) is 8.94. The first-order chi connectivity index (χ1) is 23.2. The van der Waals surface area contributed by atoms with Gasteiger partial charge in [0.15, 0.2) is 0 Å². The first-order valence-corrected chi connectivity index (χ1v) is 15.5. The number of aromatic nitrogens is 8. The van der Waals surface area contributed by atoms with Crippen molar-refractivity contribution in [3.63, 3.8) is 0 Å². The Kier molecular flexibility index (Phi) is 9.39. The molecule has 4 aromatic carbocycles. The standard InChI is InChI=1S/2C18H18N4O2.Ni/c2*1-21-13-9-5-3-7-11(13)19-17(21)15(23)16(24)18-20-12-8-4-6-10-14(12)22(18)2;/h2*3-10,15-16,23-24H,1-2H3;. The van der Waals surface area contributed by atoms with Crippen molar-refractivity contribution in [1.82, 2.24) is 38.2 Å². The van der Waals surface area contributed by atoms with Gasteiger partial charge in [0.1, 0.15) is 47.7 Å². The number of hydrogen-bond acceptors (Lipinski definition) is 8. The maximum Gasteiger partial charge on any atom is 0.145 e. The van der Waals surface area contributed by atoms with Gasteiger partial charge in [0.25, 0.3) is 0 Å². The van der Waals surface area contributed by atoms with Crippen LogP contribution in [-0.2, 0) is 44.7 Å². The molecule has 0 aliphatic rings. The monoisotopic (exact) mass is 702 g/mol. The molecule has 0 saturated carbocycles. The van der Waals surface area contributed by atoms with E-state index in [0.29, 0.717) is 23.3 Å². The summed E-state index contributed by atoms with van der Waals surface area (Å²) in [7, 11) is 7.32. The van der Waals surface area contributed by atoms with Gasteiger partial charge in [-0.25, -0.2) is 19.9 Å². The number of benzene rings is 4. The third kappa shape index (κ3) is 5.90. The Morgan fingerprint density at radius 2 is 0.551 bits per heavy atom. The summed E-state index contributed by atoms with van der Waals surface area (Å²) in [5.41, 5.74) is 6.76. The summed E-state index contributed by atoms with van der Waals surface area (Å²) in [4.78, 5) is 17.8. The van der Waals surface area contributed by atoms with Crippen molar-refractivity contribution >= 4 is 44.1 Å². The molecule has 0 aliphatic carbocycles. The minimum Gasteiger partial charge on any atom is -0.382 e. The zero-order valence-electron chi connectivity index (χ0n) is 27.2. The summed E-state index contributed by atoms with van der Waals surface area (Å²) < 4.78 is 7.19. The molecule has 4 atom stereocenters. The van der Waals surface area contributed by atoms with E-state index in [1.165, 1.54) is 0 Å². The molecule has 4 aromatic heterocycles. The van der Waals surface area contributed by atoms with Crippen LogP contribution in [0.2, 0.25) is 0 Å². The molecule has 4 unspecified atom stereocenters. The Hall–Kier alpha value is -4.91. The maximum atomic E-state index is 10.7. The predicted molar refractivity (Wildman–Crippen MR) is 183 cm³/mol. The summed E-state index contributed by atoms with van der Waals surface area (Å²) in [6.07, 6.45) is -4.67. The minimum atomic E-state index is -1.17.